The first-order chi connectivity index (χ1) is 18.5. The number of hydrogen-bond donors (Lipinski definition) is 0. The highest BCUT2D eigenvalue weighted by molar-refractivity contribution is 5.29. The quantitative estimate of drug-likeness (QED) is 0.223. The minimum atomic E-state index is -4.53. The molecule has 2 aliphatic rings. The van der Waals surface area contributed by atoms with Crippen molar-refractivity contribution in [1.29, 1.82) is 0 Å². The third-order valence-electron chi connectivity index (χ3n) is 8.25. The molecule has 2 fully saturated rings. The van der Waals surface area contributed by atoms with E-state index in [1.165, 1.54) is 0 Å². The zero-order valence-electron chi connectivity index (χ0n) is 22.0. The van der Waals surface area contributed by atoms with Crippen LogP contribution in [0.15, 0.2) is 67.3 Å². The monoisotopic (exact) mass is 550 g/mol. The lowest BCUT2D eigenvalue weighted by Crippen LogP contribution is -2.37. The summed E-state index contributed by atoms with van der Waals surface area (Å²) in [5.74, 6) is -0.497. The van der Waals surface area contributed by atoms with Crippen molar-refractivity contribution in [3.8, 4) is 5.75 Å². The topological polar surface area (TPSA) is 9.23 Å². The van der Waals surface area contributed by atoms with Gasteiger partial charge < -0.3 is 4.74 Å². The van der Waals surface area contributed by atoms with Gasteiger partial charge in [0.1, 0.15) is 11.6 Å². The first-order valence-electron chi connectivity index (χ1n) is 13.9. The molecular weight excluding hydrogens is 514 g/mol. The van der Waals surface area contributed by atoms with E-state index >= 15 is 0 Å². The highest BCUT2D eigenvalue weighted by Crippen LogP contribution is 2.42. The van der Waals surface area contributed by atoms with Gasteiger partial charge in [-0.2, -0.15) is 22.0 Å². The van der Waals surface area contributed by atoms with Crippen molar-refractivity contribution in [3.05, 3.63) is 89.8 Å². The van der Waals surface area contributed by atoms with Gasteiger partial charge in [-0.25, -0.2) is 4.39 Å². The summed E-state index contributed by atoms with van der Waals surface area (Å²) in [6, 6.07) is 8.98. The SMILES string of the molecule is C=CCCc1ccc(C2CCC(/C=C/C3CCC(C(F)(F)Oc4ccc(C(F)(F)F)cc4)CC3)CC2)c(F)c1. The molecule has 0 amide bonds. The van der Waals surface area contributed by atoms with Gasteiger partial charge in [0.2, 0.25) is 0 Å². The van der Waals surface area contributed by atoms with Crippen molar-refractivity contribution in [2.24, 2.45) is 17.8 Å². The molecular formula is C32H36F6O. The number of benzene rings is 2. The van der Waals surface area contributed by atoms with Crippen LogP contribution >= 0.6 is 0 Å². The van der Waals surface area contributed by atoms with Gasteiger partial charge in [-0.05, 0) is 123 Å². The Labute approximate surface area is 227 Å². The second kappa shape index (κ2) is 12.6. The molecule has 0 heterocycles. The van der Waals surface area contributed by atoms with Crippen LogP contribution in [0.25, 0.3) is 0 Å². The summed E-state index contributed by atoms with van der Waals surface area (Å²) in [7, 11) is 0. The number of aryl methyl sites for hydroxylation is 1. The minimum absolute atomic E-state index is 0.119. The summed E-state index contributed by atoms with van der Waals surface area (Å²) < 4.78 is 87.1. The molecule has 212 valence electrons. The van der Waals surface area contributed by atoms with Gasteiger partial charge in [0.15, 0.2) is 0 Å². The molecule has 2 aromatic carbocycles. The third kappa shape index (κ3) is 7.92. The zero-order chi connectivity index (χ0) is 28.0. The van der Waals surface area contributed by atoms with Crippen LogP contribution in [0, 0.1) is 23.6 Å². The van der Waals surface area contributed by atoms with E-state index in [4.69, 9.17) is 4.74 Å². The maximum atomic E-state index is 14.7. The van der Waals surface area contributed by atoms with Crippen LogP contribution < -0.4 is 4.74 Å². The van der Waals surface area contributed by atoms with Crippen molar-refractivity contribution < 1.29 is 31.1 Å². The molecule has 2 saturated carbocycles. The van der Waals surface area contributed by atoms with E-state index in [9.17, 15) is 26.3 Å². The maximum absolute atomic E-state index is 14.7. The third-order valence-corrected chi connectivity index (χ3v) is 8.25. The fourth-order valence-electron chi connectivity index (χ4n) is 5.86. The van der Waals surface area contributed by atoms with Crippen molar-refractivity contribution in [2.75, 3.05) is 0 Å². The molecule has 0 spiro atoms. The van der Waals surface area contributed by atoms with Gasteiger partial charge in [-0.1, -0.05) is 30.4 Å². The predicted molar refractivity (Wildman–Crippen MR) is 141 cm³/mol. The number of alkyl halides is 5. The van der Waals surface area contributed by atoms with E-state index in [2.05, 4.69) is 18.7 Å². The maximum Gasteiger partial charge on any atom is 0.416 e. The number of hydrogen-bond acceptors (Lipinski definition) is 1. The summed E-state index contributed by atoms with van der Waals surface area (Å²) in [6.07, 6.45) is 5.50. The summed E-state index contributed by atoms with van der Waals surface area (Å²) in [5.41, 5.74) is 0.892. The van der Waals surface area contributed by atoms with E-state index < -0.39 is 23.8 Å². The minimum Gasteiger partial charge on any atom is -0.432 e. The Morgan fingerprint density at radius 2 is 1.38 bits per heavy atom. The molecule has 0 unspecified atom stereocenters. The van der Waals surface area contributed by atoms with Gasteiger partial charge >= 0.3 is 12.3 Å². The molecule has 2 aromatic rings. The standard InChI is InChI=1S/C32H36F6O/c1-2-3-4-24-11-20-29(30(33)21-24)25-12-7-22(8-13-25)5-6-23-9-14-27(15-10-23)32(37,38)39-28-18-16-26(17-19-28)31(34,35)36/h2,5-6,11,16-23,25,27H,1,3-4,7-10,12-15H2/b6-5+. The molecule has 0 saturated heterocycles. The highest BCUT2D eigenvalue weighted by Gasteiger charge is 2.44. The molecule has 0 atom stereocenters. The Morgan fingerprint density at radius 3 is 1.92 bits per heavy atom. The summed E-state index contributed by atoms with van der Waals surface area (Å²) in [4.78, 5) is 0. The molecule has 0 bridgehead atoms. The second-order valence-electron chi connectivity index (χ2n) is 11.0. The number of halogens is 6. The van der Waals surface area contributed by atoms with Crippen LogP contribution in [-0.2, 0) is 12.6 Å². The Bertz CT molecular complexity index is 1100. The van der Waals surface area contributed by atoms with Crippen LogP contribution in [-0.4, -0.2) is 6.11 Å². The Kier molecular flexibility index (Phi) is 9.50. The Hall–Kier alpha value is -2.70. The first kappa shape index (κ1) is 29.3. The lowest BCUT2D eigenvalue weighted by molar-refractivity contribution is -0.223. The molecule has 39 heavy (non-hydrogen) atoms. The largest absolute Gasteiger partial charge is 0.432 e. The molecule has 0 radical (unpaired) electrons. The van der Waals surface area contributed by atoms with E-state index in [0.29, 0.717) is 18.8 Å². The normalized spacial score (nSPS) is 24.6. The van der Waals surface area contributed by atoms with Gasteiger partial charge in [0, 0.05) is 0 Å². The van der Waals surface area contributed by atoms with Crippen molar-refractivity contribution in [1.82, 2.24) is 0 Å². The average Bonchev–Trinajstić information content (AvgIpc) is 2.91. The van der Waals surface area contributed by atoms with Crippen molar-refractivity contribution in [3.63, 3.8) is 0 Å². The van der Waals surface area contributed by atoms with Crippen molar-refractivity contribution in [2.45, 2.75) is 82.4 Å². The smallest absolute Gasteiger partial charge is 0.416 e. The summed E-state index contributed by atoms with van der Waals surface area (Å²) in [5, 5.41) is 0. The van der Waals surface area contributed by atoms with Crippen molar-refractivity contribution >= 4 is 0 Å². The number of ether oxygens (including phenoxy) is 1. The second-order valence-corrected chi connectivity index (χ2v) is 11.0. The van der Waals surface area contributed by atoms with E-state index in [0.717, 1.165) is 73.9 Å². The summed E-state index contributed by atoms with van der Waals surface area (Å²) >= 11 is 0. The van der Waals surface area contributed by atoms with E-state index in [1.807, 2.05) is 18.2 Å². The Balaban J connectivity index is 1.22. The van der Waals surface area contributed by atoms with Crippen LogP contribution in [0.3, 0.4) is 0 Å². The van der Waals surface area contributed by atoms with Gasteiger partial charge in [-0.15, -0.1) is 6.58 Å². The first-order valence-corrected chi connectivity index (χ1v) is 13.9. The van der Waals surface area contributed by atoms with Crippen LogP contribution in [0.5, 0.6) is 5.75 Å². The van der Waals surface area contributed by atoms with E-state index in [-0.39, 0.29) is 36.2 Å². The lowest BCUT2D eigenvalue weighted by Gasteiger charge is -2.33. The van der Waals surface area contributed by atoms with Crippen LogP contribution in [0.2, 0.25) is 0 Å². The molecule has 7 heteroatoms. The highest BCUT2D eigenvalue weighted by atomic mass is 19.4. The summed E-state index contributed by atoms with van der Waals surface area (Å²) in [6.45, 7) is 3.71. The van der Waals surface area contributed by atoms with Gasteiger partial charge in [0.25, 0.3) is 0 Å². The Morgan fingerprint density at radius 1 is 0.795 bits per heavy atom. The fourth-order valence-corrected chi connectivity index (χ4v) is 5.86. The van der Waals surface area contributed by atoms with Crippen LogP contribution in [0.4, 0.5) is 26.3 Å². The molecule has 0 N–H and O–H groups in total. The molecule has 4 rings (SSSR count). The molecule has 1 nitrogen and oxygen atoms in total. The molecule has 0 aromatic heterocycles. The number of allylic oxidation sites excluding steroid dienone is 3. The molecule has 0 aliphatic heterocycles. The number of rotatable bonds is 9. The van der Waals surface area contributed by atoms with E-state index in [1.54, 1.807) is 6.07 Å². The van der Waals surface area contributed by atoms with Crippen LogP contribution in [0.1, 0.15) is 80.4 Å². The molecule has 2 aliphatic carbocycles. The van der Waals surface area contributed by atoms with Gasteiger partial charge in [0.05, 0.1) is 11.5 Å². The lowest BCUT2D eigenvalue weighted by atomic mass is 9.77. The predicted octanol–water partition coefficient (Wildman–Crippen LogP) is 10.3. The zero-order valence-corrected chi connectivity index (χ0v) is 22.0. The fraction of sp³-hybridized carbons (Fsp3) is 0.500. The average molecular weight is 551 g/mol. The van der Waals surface area contributed by atoms with Gasteiger partial charge in [-0.3, -0.25) is 0 Å².